The summed E-state index contributed by atoms with van der Waals surface area (Å²) in [6.45, 7) is 1.42. The number of rotatable bonds is 2. The summed E-state index contributed by atoms with van der Waals surface area (Å²) in [4.78, 5) is 21.9. The first-order valence-electron chi connectivity index (χ1n) is 3.19. The molecule has 0 aliphatic heterocycles. The second-order valence-electron chi connectivity index (χ2n) is 2.20. The number of hydrogen-bond donors (Lipinski definition) is 2. The van der Waals surface area contributed by atoms with Crippen LogP contribution in [0, 0.1) is 0 Å². The molecule has 1 amide bonds. The van der Waals surface area contributed by atoms with Crippen LogP contribution in [0.15, 0.2) is 11.4 Å². The molecule has 2 N–H and O–H groups in total. The molecule has 0 aromatic carbocycles. The Hall–Kier alpha value is -1.20. The van der Waals surface area contributed by atoms with Crippen molar-refractivity contribution in [2.45, 2.75) is 6.92 Å². The van der Waals surface area contributed by atoms with Gasteiger partial charge in [0.25, 0.3) is 5.91 Å². The first-order valence-corrected chi connectivity index (χ1v) is 4.07. The normalized spacial score (nSPS) is 9.50. The highest BCUT2D eigenvalue weighted by Crippen LogP contribution is 2.14. The lowest BCUT2D eigenvalue weighted by atomic mass is 10.2. The van der Waals surface area contributed by atoms with E-state index in [4.69, 9.17) is 5.21 Å². The van der Waals surface area contributed by atoms with Gasteiger partial charge in [-0.2, -0.15) is 0 Å². The summed E-state index contributed by atoms with van der Waals surface area (Å²) < 4.78 is 0. The SMILES string of the molecule is CC(=O)c1csc(C(=O)NO)c1. The predicted molar refractivity (Wildman–Crippen MR) is 43.6 cm³/mol. The number of Topliss-reactive ketones (excluding diaryl/α,β-unsaturated/α-hetero) is 1. The Morgan fingerprint density at radius 3 is 2.67 bits per heavy atom. The van der Waals surface area contributed by atoms with Crippen molar-refractivity contribution in [3.05, 3.63) is 21.9 Å². The largest absolute Gasteiger partial charge is 0.294 e. The van der Waals surface area contributed by atoms with E-state index in [2.05, 4.69) is 0 Å². The molecule has 0 saturated heterocycles. The summed E-state index contributed by atoms with van der Waals surface area (Å²) in [6.07, 6.45) is 0. The van der Waals surface area contributed by atoms with Crippen LogP contribution in [0.2, 0.25) is 0 Å². The molecule has 0 aliphatic rings. The Labute approximate surface area is 72.8 Å². The highest BCUT2D eigenvalue weighted by atomic mass is 32.1. The maximum absolute atomic E-state index is 10.8. The Kier molecular flexibility index (Phi) is 2.57. The second kappa shape index (κ2) is 3.46. The molecule has 0 bridgehead atoms. The maximum atomic E-state index is 10.8. The van der Waals surface area contributed by atoms with Gasteiger partial charge in [-0.25, -0.2) is 5.48 Å². The van der Waals surface area contributed by atoms with Crippen molar-refractivity contribution in [3.8, 4) is 0 Å². The molecule has 0 spiro atoms. The van der Waals surface area contributed by atoms with Crippen LogP contribution in [0.1, 0.15) is 27.0 Å². The minimum Gasteiger partial charge on any atom is -0.294 e. The van der Waals surface area contributed by atoms with E-state index >= 15 is 0 Å². The molecular weight excluding hydrogens is 178 g/mol. The Bertz CT molecular complexity index is 318. The van der Waals surface area contributed by atoms with Gasteiger partial charge < -0.3 is 0 Å². The van der Waals surface area contributed by atoms with Crippen LogP contribution < -0.4 is 5.48 Å². The first kappa shape index (κ1) is 8.89. The predicted octanol–water partition coefficient (Wildman–Crippen LogP) is 1.07. The average molecular weight is 185 g/mol. The molecule has 0 fully saturated rings. The third-order valence-electron chi connectivity index (χ3n) is 1.33. The highest BCUT2D eigenvalue weighted by molar-refractivity contribution is 7.12. The summed E-state index contributed by atoms with van der Waals surface area (Å²) in [6, 6.07) is 1.44. The van der Waals surface area contributed by atoms with E-state index in [1.165, 1.54) is 18.5 Å². The van der Waals surface area contributed by atoms with E-state index in [1.807, 2.05) is 0 Å². The number of ketones is 1. The van der Waals surface area contributed by atoms with Gasteiger partial charge in [-0.3, -0.25) is 14.8 Å². The van der Waals surface area contributed by atoms with E-state index in [9.17, 15) is 9.59 Å². The molecule has 5 heteroatoms. The van der Waals surface area contributed by atoms with Gasteiger partial charge in [-0.05, 0) is 13.0 Å². The van der Waals surface area contributed by atoms with Gasteiger partial charge in [0.2, 0.25) is 0 Å². The highest BCUT2D eigenvalue weighted by Gasteiger charge is 2.09. The number of thiophene rings is 1. The van der Waals surface area contributed by atoms with Crippen molar-refractivity contribution in [1.29, 1.82) is 0 Å². The van der Waals surface area contributed by atoms with E-state index in [0.29, 0.717) is 10.4 Å². The molecule has 1 rings (SSSR count). The zero-order valence-corrected chi connectivity index (χ0v) is 7.14. The van der Waals surface area contributed by atoms with Crippen molar-refractivity contribution >= 4 is 23.0 Å². The summed E-state index contributed by atoms with van der Waals surface area (Å²) in [5, 5.41) is 9.83. The van der Waals surface area contributed by atoms with Gasteiger partial charge in [0.15, 0.2) is 5.78 Å². The zero-order chi connectivity index (χ0) is 9.14. The van der Waals surface area contributed by atoms with Gasteiger partial charge in [0.05, 0.1) is 4.88 Å². The summed E-state index contributed by atoms with van der Waals surface area (Å²) >= 11 is 1.12. The Balaban J connectivity index is 2.91. The Morgan fingerprint density at radius 1 is 1.58 bits per heavy atom. The average Bonchev–Trinajstić information content (AvgIpc) is 2.51. The molecule has 64 valence electrons. The molecule has 1 aromatic heterocycles. The van der Waals surface area contributed by atoms with Gasteiger partial charge in [-0.1, -0.05) is 0 Å². The lowest BCUT2D eigenvalue weighted by Crippen LogP contribution is -2.17. The molecule has 4 nitrogen and oxygen atoms in total. The van der Waals surface area contributed by atoms with Crippen molar-refractivity contribution in [2.75, 3.05) is 0 Å². The second-order valence-corrected chi connectivity index (χ2v) is 3.11. The van der Waals surface area contributed by atoms with Crippen LogP contribution in [0.5, 0.6) is 0 Å². The summed E-state index contributed by atoms with van der Waals surface area (Å²) in [5.41, 5.74) is 1.98. The van der Waals surface area contributed by atoms with Gasteiger partial charge in [-0.15, -0.1) is 11.3 Å². The fourth-order valence-electron chi connectivity index (χ4n) is 0.695. The number of nitrogens with one attached hydrogen (secondary N) is 1. The van der Waals surface area contributed by atoms with E-state index in [-0.39, 0.29) is 5.78 Å². The molecule has 0 atom stereocenters. The van der Waals surface area contributed by atoms with Crippen molar-refractivity contribution < 1.29 is 14.8 Å². The quantitative estimate of drug-likeness (QED) is 0.411. The lowest BCUT2D eigenvalue weighted by molar-refractivity contribution is 0.0711. The standard InChI is InChI=1S/C7H7NO3S/c1-4(9)5-2-6(12-3-5)7(10)8-11/h2-3,11H,1H3,(H,8,10). The topological polar surface area (TPSA) is 66.4 Å². The fourth-order valence-corrected chi connectivity index (χ4v) is 1.53. The van der Waals surface area contributed by atoms with Crippen LogP contribution in [0.3, 0.4) is 0 Å². The fraction of sp³-hybridized carbons (Fsp3) is 0.143. The molecular formula is C7H7NO3S. The van der Waals surface area contributed by atoms with Gasteiger partial charge in [0, 0.05) is 10.9 Å². The first-order chi connectivity index (χ1) is 5.65. The third kappa shape index (κ3) is 1.69. The van der Waals surface area contributed by atoms with Crippen molar-refractivity contribution in [2.24, 2.45) is 0 Å². The van der Waals surface area contributed by atoms with Crippen molar-refractivity contribution in [3.63, 3.8) is 0 Å². The number of carbonyl (C=O) groups is 2. The zero-order valence-electron chi connectivity index (χ0n) is 6.33. The van der Waals surface area contributed by atoms with Gasteiger partial charge in [0.1, 0.15) is 0 Å². The number of hydroxylamine groups is 1. The smallest absolute Gasteiger partial charge is 0.284 e. The molecule has 1 aromatic rings. The third-order valence-corrected chi connectivity index (χ3v) is 2.26. The van der Waals surface area contributed by atoms with Crippen LogP contribution >= 0.6 is 11.3 Å². The van der Waals surface area contributed by atoms with E-state index in [0.717, 1.165) is 11.3 Å². The maximum Gasteiger partial charge on any atom is 0.284 e. The molecule has 0 unspecified atom stereocenters. The minimum absolute atomic E-state index is 0.0942. The van der Waals surface area contributed by atoms with Gasteiger partial charge >= 0.3 is 0 Å². The monoisotopic (exact) mass is 185 g/mol. The molecule has 0 aliphatic carbocycles. The molecule has 12 heavy (non-hydrogen) atoms. The molecule has 1 heterocycles. The Morgan fingerprint density at radius 2 is 2.25 bits per heavy atom. The van der Waals surface area contributed by atoms with Crippen LogP contribution in [-0.2, 0) is 0 Å². The van der Waals surface area contributed by atoms with Crippen LogP contribution in [-0.4, -0.2) is 16.9 Å². The van der Waals surface area contributed by atoms with Crippen LogP contribution in [0.25, 0.3) is 0 Å². The molecule has 0 radical (unpaired) electrons. The van der Waals surface area contributed by atoms with E-state index in [1.54, 1.807) is 5.38 Å². The summed E-state index contributed by atoms with van der Waals surface area (Å²) in [5.74, 6) is -0.685. The van der Waals surface area contributed by atoms with Crippen molar-refractivity contribution in [1.82, 2.24) is 5.48 Å². The number of amides is 1. The lowest BCUT2D eigenvalue weighted by Gasteiger charge is -1.90. The van der Waals surface area contributed by atoms with E-state index < -0.39 is 5.91 Å². The molecule has 0 saturated carbocycles. The number of hydrogen-bond acceptors (Lipinski definition) is 4. The minimum atomic E-state index is -0.590. The number of carbonyl (C=O) groups excluding carboxylic acids is 2. The summed E-state index contributed by atoms with van der Waals surface area (Å²) in [7, 11) is 0. The van der Waals surface area contributed by atoms with Crippen LogP contribution in [0.4, 0.5) is 0 Å².